The van der Waals surface area contributed by atoms with Crippen LogP contribution in [0.25, 0.3) is 0 Å². The SMILES string of the molecule is N#Cc1cc(Nc2nnccc2C#N)ccc1F. The third kappa shape index (κ3) is 2.23. The number of aromatic nitrogens is 2. The lowest BCUT2D eigenvalue weighted by atomic mass is 10.2. The minimum atomic E-state index is -0.595. The number of rotatable bonds is 2. The zero-order valence-electron chi connectivity index (χ0n) is 9.05. The lowest BCUT2D eigenvalue weighted by Crippen LogP contribution is -1.99. The molecule has 0 saturated heterocycles. The van der Waals surface area contributed by atoms with Crippen LogP contribution < -0.4 is 5.32 Å². The first kappa shape index (κ1) is 11.5. The number of hydrogen-bond acceptors (Lipinski definition) is 5. The first-order valence-corrected chi connectivity index (χ1v) is 4.93. The summed E-state index contributed by atoms with van der Waals surface area (Å²) >= 11 is 0. The van der Waals surface area contributed by atoms with Crippen LogP contribution in [0.3, 0.4) is 0 Å². The minimum Gasteiger partial charge on any atom is -0.338 e. The number of anilines is 2. The van der Waals surface area contributed by atoms with Gasteiger partial charge in [-0.25, -0.2) is 4.39 Å². The van der Waals surface area contributed by atoms with Crippen molar-refractivity contribution in [2.24, 2.45) is 0 Å². The summed E-state index contributed by atoms with van der Waals surface area (Å²) in [6, 6.07) is 9.15. The molecule has 1 N–H and O–H groups in total. The van der Waals surface area contributed by atoms with Crippen molar-refractivity contribution in [2.45, 2.75) is 0 Å². The van der Waals surface area contributed by atoms with Gasteiger partial charge in [0, 0.05) is 5.69 Å². The first-order chi connectivity index (χ1) is 8.74. The molecule has 18 heavy (non-hydrogen) atoms. The van der Waals surface area contributed by atoms with E-state index in [9.17, 15) is 4.39 Å². The summed E-state index contributed by atoms with van der Waals surface area (Å²) in [6.07, 6.45) is 1.40. The van der Waals surface area contributed by atoms with Crippen molar-refractivity contribution in [3.63, 3.8) is 0 Å². The predicted octanol–water partition coefficient (Wildman–Crippen LogP) is 2.10. The number of halogens is 1. The van der Waals surface area contributed by atoms with Crippen LogP contribution in [-0.2, 0) is 0 Å². The average Bonchev–Trinajstić information content (AvgIpc) is 2.41. The molecule has 5 nitrogen and oxygen atoms in total. The van der Waals surface area contributed by atoms with Gasteiger partial charge >= 0.3 is 0 Å². The Labute approximate surface area is 102 Å². The highest BCUT2D eigenvalue weighted by Crippen LogP contribution is 2.19. The van der Waals surface area contributed by atoms with E-state index in [0.29, 0.717) is 11.3 Å². The molecule has 1 heterocycles. The Morgan fingerprint density at radius 2 is 1.89 bits per heavy atom. The molecule has 0 unspecified atom stereocenters. The second-order valence-corrected chi connectivity index (χ2v) is 3.34. The van der Waals surface area contributed by atoms with Crippen LogP contribution in [0.4, 0.5) is 15.9 Å². The van der Waals surface area contributed by atoms with E-state index in [1.54, 1.807) is 6.07 Å². The third-order valence-electron chi connectivity index (χ3n) is 2.19. The Kier molecular flexibility index (Phi) is 3.13. The smallest absolute Gasteiger partial charge is 0.171 e. The highest BCUT2D eigenvalue weighted by atomic mass is 19.1. The summed E-state index contributed by atoms with van der Waals surface area (Å²) in [7, 11) is 0. The van der Waals surface area contributed by atoms with Crippen molar-refractivity contribution < 1.29 is 4.39 Å². The quantitative estimate of drug-likeness (QED) is 0.867. The molecule has 0 atom stereocenters. The molecular weight excluding hydrogens is 233 g/mol. The summed E-state index contributed by atoms with van der Waals surface area (Å²) in [5, 5.41) is 27.8. The van der Waals surface area contributed by atoms with E-state index in [0.717, 1.165) is 0 Å². The van der Waals surface area contributed by atoms with Gasteiger partial charge in [-0.05, 0) is 24.3 Å². The van der Waals surface area contributed by atoms with Gasteiger partial charge in [0.2, 0.25) is 0 Å². The number of hydrogen-bond donors (Lipinski definition) is 1. The largest absolute Gasteiger partial charge is 0.338 e. The van der Waals surface area contributed by atoms with Crippen LogP contribution in [0.5, 0.6) is 0 Å². The van der Waals surface area contributed by atoms with Gasteiger partial charge in [0.25, 0.3) is 0 Å². The van der Waals surface area contributed by atoms with Crippen molar-refractivity contribution >= 4 is 11.5 Å². The molecule has 1 aromatic heterocycles. The van der Waals surface area contributed by atoms with Gasteiger partial charge < -0.3 is 5.32 Å². The molecule has 0 aliphatic heterocycles. The molecule has 1 aromatic carbocycles. The van der Waals surface area contributed by atoms with Crippen LogP contribution in [-0.4, -0.2) is 10.2 Å². The van der Waals surface area contributed by atoms with Crippen LogP contribution >= 0.6 is 0 Å². The van der Waals surface area contributed by atoms with Gasteiger partial charge in [-0.15, -0.1) is 5.10 Å². The maximum Gasteiger partial charge on any atom is 0.171 e. The Balaban J connectivity index is 2.36. The fraction of sp³-hybridized carbons (Fsp3) is 0. The molecule has 2 aromatic rings. The van der Waals surface area contributed by atoms with Gasteiger partial charge in [-0.3, -0.25) is 0 Å². The average molecular weight is 239 g/mol. The Hall–Kier alpha value is -2.99. The Bertz CT molecular complexity index is 669. The second kappa shape index (κ2) is 4.89. The standard InChI is InChI=1S/C12H6FN5/c13-11-2-1-10(5-9(11)7-15)17-12-8(6-14)3-4-16-18-12/h1-5H,(H,17,18). The highest BCUT2D eigenvalue weighted by molar-refractivity contribution is 5.63. The molecule has 0 aliphatic carbocycles. The van der Waals surface area contributed by atoms with Gasteiger partial charge in [0.05, 0.1) is 17.3 Å². The fourth-order valence-electron chi connectivity index (χ4n) is 1.34. The van der Waals surface area contributed by atoms with Crippen LogP contribution in [0.2, 0.25) is 0 Å². The molecule has 0 spiro atoms. The van der Waals surface area contributed by atoms with E-state index in [4.69, 9.17) is 10.5 Å². The number of nitrogens with one attached hydrogen (secondary N) is 1. The predicted molar refractivity (Wildman–Crippen MR) is 61.1 cm³/mol. The van der Waals surface area contributed by atoms with Crippen LogP contribution in [0, 0.1) is 28.5 Å². The minimum absolute atomic E-state index is 0.0811. The Morgan fingerprint density at radius 1 is 1.11 bits per heavy atom. The first-order valence-electron chi connectivity index (χ1n) is 4.93. The van der Waals surface area contributed by atoms with E-state index in [2.05, 4.69) is 15.5 Å². The normalized spacial score (nSPS) is 9.28. The molecular formula is C12H6FN5. The molecule has 6 heteroatoms. The lowest BCUT2D eigenvalue weighted by Gasteiger charge is -2.06. The van der Waals surface area contributed by atoms with E-state index in [1.165, 1.54) is 30.5 Å². The Morgan fingerprint density at radius 3 is 2.61 bits per heavy atom. The third-order valence-corrected chi connectivity index (χ3v) is 2.19. The van der Waals surface area contributed by atoms with Crippen molar-refractivity contribution in [3.05, 3.63) is 47.4 Å². The molecule has 0 saturated carbocycles. The second-order valence-electron chi connectivity index (χ2n) is 3.34. The molecule has 0 fully saturated rings. The molecule has 0 amide bonds. The van der Waals surface area contributed by atoms with Crippen molar-refractivity contribution in [3.8, 4) is 12.1 Å². The lowest BCUT2D eigenvalue weighted by molar-refractivity contribution is 0.624. The topological polar surface area (TPSA) is 85.4 Å². The van der Waals surface area contributed by atoms with Gasteiger partial charge in [0.15, 0.2) is 5.82 Å². The maximum atomic E-state index is 13.1. The van der Waals surface area contributed by atoms with E-state index in [-0.39, 0.29) is 11.4 Å². The highest BCUT2D eigenvalue weighted by Gasteiger charge is 2.06. The fourth-order valence-corrected chi connectivity index (χ4v) is 1.34. The molecule has 0 radical (unpaired) electrons. The zero-order chi connectivity index (χ0) is 13.0. The summed E-state index contributed by atoms with van der Waals surface area (Å²) in [5.74, 6) is -0.335. The van der Waals surface area contributed by atoms with Crippen molar-refractivity contribution in [1.82, 2.24) is 10.2 Å². The number of benzene rings is 1. The van der Waals surface area contributed by atoms with Gasteiger partial charge in [-0.2, -0.15) is 15.6 Å². The van der Waals surface area contributed by atoms with E-state index < -0.39 is 5.82 Å². The molecule has 2 rings (SSSR count). The molecule has 0 bridgehead atoms. The van der Waals surface area contributed by atoms with E-state index in [1.807, 2.05) is 6.07 Å². The molecule has 0 aliphatic rings. The number of nitriles is 2. The molecule has 86 valence electrons. The van der Waals surface area contributed by atoms with Gasteiger partial charge in [0.1, 0.15) is 18.0 Å². The summed E-state index contributed by atoms with van der Waals surface area (Å²) in [6.45, 7) is 0. The van der Waals surface area contributed by atoms with Crippen molar-refractivity contribution in [1.29, 1.82) is 10.5 Å². The summed E-state index contributed by atoms with van der Waals surface area (Å²) in [5.41, 5.74) is 0.695. The van der Waals surface area contributed by atoms with Crippen molar-refractivity contribution in [2.75, 3.05) is 5.32 Å². The number of nitrogens with zero attached hydrogens (tertiary/aromatic N) is 4. The van der Waals surface area contributed by atoms with Crippen LogP contribution in [0.15, 0.2) is 30.5 Å². The zero-order valence-corrected chi connectivity index (χ0v) is 9.05. The van der Waals surface area contributed by atoms with Gasteiger partial charge in [-0.1, -0.05) is 0 Å². The summed E-state index contributed by atoms with van der Waals surface area (Å²) in [4.78, 5) is 0. The van der Waals surface area contributed by atoms with E-state index >= 15 is 0 Å². The maximum absolute atomic E-state index is 13.1. The summed E-state index contributed by atoms with van der Waals surface area (Å²) < 4.78 is 13.1. The monoisotopic (exact) mass is 239 g/mol. The van der Waals surface area contributed by atoms with Crippen LogP contribution in [0.1, 0.15) is 11.1 Å².